The van der Waals surface area contributed by atoms with Gasteiger partial charge in [-0.3, -0.25) is 4.79 Å². The molecule has 2 unspecified atom stereocenters. The van der Waals surface area contributed by atoms with E-state index in [1.807, 2.05) is 6.92 Å². The Morgan fingerprint density at radius 2 is 2.50 bits per heavy atom. The lowest BCUT2D eigenvalue weighted by Crippen LogP contribution is -2.39. The monoisotopic (exact) mass is 252 g/mol. The molecule has 2 N–H and O–H groups in total. The number of methoxy groups -OCH3 is 1. The predicted molar refractivity (Wildman–Crippen MR) is 67.7 cm³/mol. The van der Waals surface area contributed by atoms with Gasteiger partial charge in [0.05, 0.1) is 7.11 Å². The van der Waals surface area contributed by atoms with Crippen LogP contribution >= 0.6 is 0 Å². The topological polar surface area (TPSA) is 68.2 Å². The van der Waals surface area contributed by atoms with Crippen LogP contribution in [0.15, 0.2) is 6.07 Å². The summed E-state index contributed by atoms with van der Waals surface area (Å²) in [5.41, 5.74) is 0.396. The molecule has 100 valence electrons. The normalized spacial score (nSPS) is 20.7. The lowest BCUT2D eigenvalue weighted by molar-refractivity contribution is 0.0923. The zero-order chi connectivity index (χ0) is 13.1. The molecule has 1 saturated heterocycles. The first kappa shape index (κ1) is 12.9. The Morgan fingerprint density at radius 1 is 1.72 bits per heavy atom. The van der Waals surface area contributed by atoms with Gasteiger partial charge < -0.3 is 15.4 Å². The molecule has 0 aromatic carbocycles. The smallest absolute Gasteiger partial charge is 0.272 e. The third kappa shape index (κ3) is 2.64. The van der Waals surface area contributed by atoms with Gasteiger partial charge in [0.15, 0.2) is 5.69 Å². The van der Waals surface area contributed by atoms with Crippen LogP contribution in [0.4, 0.5) is 0 Å². The van der Waals surface area contributed by atoms with Gasteiger partial charge in [0, 0.05) is 19.2 Å². The average molecular weight is 252 g/mol. The second kappa shape index (κ2) is 5.39. The molecule has 18 heavy (non-hydrogen) atoms. The van der Waals surface area contributed by atoms with Crippen LogP contribution in [0.2, 0.25) is 0 Å². The molecule has 6 nitrogen and oxygen atoms in total. The van der Waals surface area contributed by atoms with Gasteiger partial charge in [-0.15, -0.1) is 0 Å². The third-order valence-electron chi connectivity index (χ3n) is 3.44. The highest BCUT2D eigenvalue weighted by atomic mass is 16.5. The summed E-state index contributed by atoms with van der Waals surface area (Å²) in [5.74, 6) is 0.934. The molecular weight excluding hydrogens is 232 g/mol. The van der Waals surface area contributed by atoms with Crippen molar-refractivity contribution in [3.05, 3.63) is 11.8 Å². The molecular formula is C12H20N4O2. The van der Waals surface area contributed by atoms with Crippen LogP contribution in [0.5, 0.6) is 5.88 Å². The molecule has 6 heteroatoms. The van der Waals surface area contributed by atoms with Gasteiger partial charge >= 0.3 is 0 Å². The first-order valence-electron chi connectivity index (χ1n) is 6.21. The van der Waals surface area contributed by atoms with Gasteiger partial charge in [-0.05, 0) is 32.4 Å². The summed E-state index contributed by atoms with van der Waals surface area (Å²) in [7, 11) is 3.31. The maximum atomic E-state index is 12.0. The standard InChI is InChI=1S/C12H20N4O2/c1-8(9-4-5-13-7-9)14-12(17)10-6-11(18-3)16(2)15-10/h6,8-9,13H,4-5,7H2,1-3H3,(H,14,17). The molecule has 2 heterocycles. The summed E-state index contributed by atoms with van der Waals surface area (Å²) in [6.07, 6.45) is 1.10. The minimum absolute atomic E-state index is 0.145. The van der Waals surface area contributed by atoms with Gasteiger partial charge in [-0.1, -0.05) is 0 Å². The number of amides is 1. The van der Waals surface area contributed by atoms with Gasteiger partial charge in [0.25, 0.3) is 5.91 Å². The van der Waals surface area contributed by atoms with E-state index in [1.54, 1.807) is 24.9 Å². The van der Waals surface area contributed by atoms with Crippen molar-refractivity contribution in [1.29, 1.82) is 0 Å². The highest BCUT2D eigenvalue weighted by Gasteiger charge is 2.24. The van der Waals surface area contributed by atoms with Crippen LogP contribution in [0.3, 0.4) is 0 Å². The fourth-order valence-electron chi connectivity index (χ4n) is 2.25. The van der Waals surface area contributed by atoms with Crippen molar-refractivity contribution >= 4 is 5.91 Å². The molecule has 2 rings (SSSR count). The SMILES string of the molecule is COc1cc(C(=O)NC(C)C2CCNC2)nn1C. The van der Waals surface area contributed by atoms with E-state index in [-0.39, 0.29) is 11.9 Å². The minimum Gasteiger partial charge on any atom is -0.481 e. The fraction of sp³-hybridized carbons (Fsp3) is 0.667. The second-order valence-electron chi connectivity index (χ2n) is 4.71. The molecule has 1 fully saturated rings. The lowest BCUT2D eigenvalue weighted by atomic mass is 10.0. The number of hydrogen-bond donors (Lipinski definition) is 2. The van der Waals surface area contributed by atoms with Gasteiger partial charge in [0.2, 0.25) is 5.88 Å². The second-order valence-corrected chi connectivity index (χ2v) is 4.71. The van der Waals surface area contributed by atoms with E-state index in [0.29, 0.717) is 17.5 Å². The maximum Gasteiger partial charge on any atom is 0.272 e. The Balaban J connectivity index is 1.97. The summed E-state index contributed by atoms with van der Waals surface area (Å²) in [6, 6.07) is 1.80. The van der Waals surface area contributed by atoms with Crippen molar-refractivity contribution in [2.24, 2.45) is 13.0 Å². The van der Waals surface area contributed by atoms with Crippen LogP contribution in [0.1, 0.15) is 23.8 Å². The number of carbonyl (C=O) groups is 1. The Hall–Kier alpha value is -1.56. The average Bonchev–Trinajstić information content (AvgIpc) is 2.97. The van der Waals surface area contributed by atoms with E-state index in [1.165, 1.54) is 0 Å². The summed E-state index contributed by atoms with van der Waals surface area (Å²) in [5, 5.41) is 10.4. The van der Waals surface area contributed by atoms with E-state index in [0.717, 1.165) is 19.5 Å². The first-order chi connectivity index (χ1) is 8.61. The van der Waals surface area contributed by atoms with Crippen LogP contribution < -0.4 is 15.4 Å². The van der Waals surface area contributed by atoms with Gasteiger partial charge in [-0.2, -0.15) is 5.10 Å². The summed E-state index contributed by atoms with van der Waals surface area (Å²) < 4.78 is 6.64. The quantitative estimate of drug-likeness (QED) is 0.801. The van der Waals surface area contributed by atoms with E-state index in [2.05, 4.69) is 15.7 Å². The Kier molecular flexibility index (Phi) is 3.86. The van der Waals surface area contributed by atoms with Crippen LogP contribution in [-0.4, -0.2) is 41.9 Å². The number of aromatic nitrogens is 2. The maximum absolute atomic E-state index is 12.0. The largest absolute Gasteiger partial charge is 0.481 e. The van der Waals surface area contributed by atoms with Crippen LogP contribution in [-0.2, 0) is 7.05 Å². The van der Waals surface area contributed by atoms with Crippen molar-refractivity contribution < 1.29 is 9.53 Å². The molecule has 1 aliphatic rings. The summed E-state index contributed by atoms with van der Waals surface area (Å²) >= 11 is 0. The Bertz CT molecular complexity index is 424. The zero-order valence-electron chi connectivity index (χ0n) is 11.1. The van der Waals surface area contributed by atoms with Gasteiger partial charge in [-0.25, -0.2) is 4.68 Å². The van der Waals surface area contributed by atoms with E-state index in [4.69, 9.17) is 4.74 Å². The molecule has 1 aromatic heterocycles. The predicted octanol–water partition coefficient (Wildman–Crippen LogP) is 0.157. The molecule has 0 spiro atoms. The number of carbonyl (C=O) groups excluding carboxylic acids is 1. The van der Waals surface area contributed by atoms with Crippen molar-refractivity contribution in [2.45, 2.75) is 19.4 Å². The minimum atomic E-state index is -0.145. The fourth-order valence-corrected chi connectivity index (χ4v) is 2.25. The van der Waals surface area contributed by atoms with Crippen LogP contribution in [0.25, 0.3) is 0 Å². The number of hydrogen-bond acceptors (Lipinski definition) is 4. The van der Waals surface area contributed by atoms with Crippen LogP contribution in [0, 0.1) is 5.92 Å². The molecule has 0 bridgehead atoms. The molecule has 1 amide bonds. The number of rotatable bonds is 4. The molecule has 1 aliphatic heterocycles. The summed E-state index contributed by atoms with van der Waals surface area (Å²) in [4.78, 5) is 12.0. The van der Waals surface area contributed by atoms with E-state index >= 15 is 0 Å². The molecule has 1 aromatic rings. The molecule has 0 saturated carbocycles. The molecule has 0 aliphatic carbocycles. The highest BCUT2D eigenvalue weighted by Crippen LogP contribution is 2.14. The van der Waals surface area contributed by atoms with Crippen molar-refractivity contribution in [1.82, 2.24) is 20.4 Å². The number of nitrogens with one attached hydrogen (secondary N) is 2. The third-order valence-corrected chi connectivity index (χ3v) is 3.44. The summed E-state index contributed by atoms with van der Waals surface area (Å²) in [6.45, 7) is 4.03. The Morgan fingerprint density at radius 3 is 3.06 bits per heavy atom. The van der Waals surface area contributed by atoms with Gasteiger partial charge in [0.1, 0.15) is 0 Å². The number of aryl methyl sites for hydroxylation is 1. The lowest BCUT2D eigenvalue weighted by Gasteiger charge is -2.18. The van der Waals surface area contributed by atoms with Crippen molar-refractivity contribution in [3.63, 3.8) is 0 Å². The van der Waals surface area contributed by atoms with Crippen molar-refractivity contribution in [2.75, 3.05) is 20.2 Å². The van der Waals surface area contributed by atoms with Crippen molar-refractivity contribution in [3.8, 4) is 5.88 Å². The number of ether oxygens (including phenoxy) is 1. The van der Waals surface area contributed by atoms with E-state index in [9.17, 15) is 4.79 Å². The zero-order valence-corrected chi connectivity index (χ0v) is 11.1. The first-order valence-corrected chi connectivity index (χ1v) is 6.21. The molecule has 2 atom stereocenters. The van der Waals surface area contributed by atoms with E-state index < -0.39 is 0 Å². The molecule has 0 radical (unpaired) electrons. The highest BCUT2D eigenvalue weighted by molar-refractivity contribution is 5.92. The Labute approximate surface area is 107 Å². The number of nitrogens with zero attached hydrogens (tertiary/aromatic N) is 2.